The van der Waals surface area contributed by atoms with Gasteiger partial charge >= 0.3 is 0 Å². The van der Waals surface area contributed by atoms with Gasteiger partial charge in [-0.2, -0.15) is 0 Å². The van der Waals surface area contributed by atoms with E-state index in [-0.39, 0.29) is 0 Å². The van der Waals surface area contributed by atoms with Gasteiger partial charge in [-0.3, -0.25) is 4.79 Å². The molecule has 19 heavy (non-hydrogen) atoms. The van der Waals surface area contributed by atoms with Crippen molar-refractivity contribution in [2.75, 3.05) is 0 Å². The predicted octanol–water partition coefficient (Wildman–Crippen LogP) is 3.99. The van der Waals surface area contributed by atoms with Gasteiger partial charge in [0, 0.05) is 11.4 Å². The molecule has 1 aromatic heterocycles. The summed E-state index contributed by atoms with van der Waals surface area (Å²) in [7, 11) is 0. The van der Waals surface area contributed by atoms with E-state index in [4.69, 9.17) is 0 Å². The van der Waals surface area contributed by atoms with Crippen LogP contribution in [0.15, 0.2) is 40.3 Å². The Balaban J connectivity index is 2.47. The average Bonchev–Trinajstić information content (AvgIpc) is 2.77. The van der Waals surface area contributed by atoms with Gasteiger partial charge in [0.2, 0.25) is 0 Å². The predicted molar refractivity (Wildman–Crippen MR) is 77.9 cm³/mol. The summed E-state index contributed by atoms with van der Waals surface area (Å²) in [6.45, 7) is 6.99. The van der Waals surface area contributed by atoms with Gasteiger partial charge in [-0.1, -0.05) is 43.8 Å². The van der Waals surface area contributed by atoms with Crippen molar-refractivity contribution in [3.63, 3.8) is 0 Å². The van der Waals surface area contributed by atoms with Crippen LogP contribution >= 0.6 is 11.8 Å². The summed E-state index contributed by atoms with van der Waals surface area (Å²) in [6, 6.07) is 10.2. The van der Waals surface area contributed by atoms with Crippen LogP contribution in [-0.2, 0) is 6.54 Å². The zero-order valence-corrected chi connectivity index (χ0v) is 12.3. The quantitative estimate of drug-likeness (QED) is 0.773. The van der Waals surface area contributed by atoms with Crippen LogP contribution in [0.5, 0.6) is 0 Å². The largest absolute Gasteiger partial charge is 0.317 e. The van der Waals surface area contributed by atoms with Crippen molar-refractivity contribution in [3.8, 4) is 0 Å². The molecule has 0 atom stereocenters. The molecule has 0 unspecified atom stereocenters. The third kappa shape index (κ3) is 2.89. The van der Waals surface area contributed by atoms with Gasteiger partial charge in [-0.25, -0.2) is 4.98 Å². The van der Waals surface area contributed by atoms with E-state index in [9.17, 15) is 4.79 Å². The average molecular weight is 274 g/mol. The molecule has 0 amide bonds. The van der Waals surface area contributed by atoms with Crippen LogP contribution in [-0.4, -0.2) is 15.8 Å². The molecule has 0 aliphatic rings. The number of benzene rings is 1. The molecule has 0 bridgehead atoms. The molecule has 1 heterocycles. The highest BCUT2D eigenvalue weighted by Crippen LogP contribution is 2.34. The first-order chi connectivity index (χ1) is 9.17. The molecule has 0 aliphatic heterocycles. The molecule has 0 N–H and O–H groups in total. The highest BCUT2D eigenvalue weighted by Gasteiger charge is 2.19. The number of aldehydes is 1. The fourth-order valence-electron chi connectivity index (χ4n) is 1.95. The number of rotatable bonds is 5. The Bertz CT molecular complexity index is 561. The Kier molecular flexibility index (Phi) is 4.43. The normalized spacial score (nSPS) is 10.9. The summed E-state index contributed by atoms with van der Waals surface area (Å²) in [5.74, 6) is 0.822. The van der Waals surface area contributed by atoms with Gasteiger partial charge in [-0.05, 0) is 25.0 Å². The zero-order valence-electron chi connectivity index (χ0n) is 11.5. The molecule has 4 heteroatoms. The molecule has 0 saturated heterocycles. The Morgan fingerprint density at radius 2 is 2.00 bits per heavy atom. The molecule has 2 aromatic rings. The number of hydrogen-bond acceptors (Lipinski definition) is 3. The number of carbonyl (C=O) groups excluding carboxylic acids is 1. The standard InChI is InChI=1S/C15H18N2OS/c1-4-17-13(10-18)16-14(11(2)3)15(17)19-12-8-6-5-7-9-12/h5-11H,4H2,1-3H3. The lowest BCUT2D eigenvalue weighted by atomic mass is 10.1. The van der Waals surface area contributed by atoms with Crippen LogP contribution in [0.4, 0.5) is 0 Å². The van der Waals surface area contributed by atoms with E-state index in [0.717, 1.165) is 28.4 Å². The summed E-state index contributed by atoms with van der Waals surface area (Å²) in [5.41, 5.74) is 0.998. The molecule has 3 nitrogen and oxygen atoms in total. The smallest absolute Gasteiger partial charge is 0.185 e. The maximum Gasteiger partial charge on any atom is 0.185 e. The van der Waals surface area contributed by atoms with Gasteiger partial charge in [0.05, 0.1) is 5.69 Å². The third-order valence-electron chi connectivity index (χ3n) is 2.90. The van der Waals surface area contributed by atoms with E-state index in [1.54, 1.807) is 11.8 Å². The second kappa shape index (κ2) is 6.06. The van der Waals surface area contributed by atoms with E-state index in [2.05, 4.69) is 31.0 Å². The SMILES string of the molecule is CCn1c(C=O)nc(C(C)C)c1Sc1ccccc1. The van der Waals surface area contributed by atoms with Crippen molar-refractivity contribution in [2.24, 2.45) is 0 Å². The molecule has 0 spiro atoms. The first-order valence-electron chi connectivity index (χ1n) is 6.45. The lowest BCUT2D eigenvalue weighted by Gasteiger charge is -2.10. The number of aromatic nitrogens is 2. The van der Waals surface area contributed by atoms with Crippen molar-refractivity contribution >= 4 is 18.0 Å². The number of carbonyl (C=O) groups is 1. The number of imidazole rings is 1. The third-order valence-corrected chi connectivity index (χ3v) is 4.03. The summed E-state index contributed by atoms with van der Waals surface area (Å²) in [4.78, 5) is 16.8. The number of nitrogens with zero attached hydrogens (tertiary/aromatic N) is 2. The molecular formula is C15H18N2OS. The van der Waals surface area contributed by atoms with Crippen molar-refractivity contribution < 1.29 is 4.79 Å². The van der Waals surface area contributed by atoms with Crippen LogP contribution in [0.2, 0.25) is 0 Å². The highest BCUT2D eigenvalue weighted by molar-refractivity contribution is 7.99. The molecular weight excluding hydrogens is 256 g/mol. The van der Waals surface area contributed by atoms with E-state index in [0.29, 0.717) is 11.7 Å². The van der Waals surface area contributed by atoms with E-state index in [1.807, 2.05) is 29.7 Å². The first-order valence-corrected chi connectivity index (χ1v) is 7.27. The van der Waals surface area contributed by atoms with E-state index < -0.39 is 0 Å². The molecule has 0 saturated carbocycles. The second-order valence-corrected chi connectivity index (χ2v) is 5.65. The zero-order chi connectivity index (χ0) is 13.8. The summed E-state index contributed by atoms with van der Waals surface area (Å²) >= 11 is 1.67. The van der Waals surface area contributed by atoms with Crippen LogP contribution < -0.4 is 0 Å². The molecule has 0 aliphatic carbocycles. The minimum atomic E-state index is 0.303. The first kappa shape index (κ1) is 13.9. The van der Waals surface area contributed by atoms with Crippen LogP contribution in [0.25, 0.3) is 0 Å². The molecule has 0 fully saturated rings. The van der Waals surface area contributed by atoms with Crippen molar-refractivity contribution in [1.29, 1.82) is 0 Å². The molecule has 1 aromatic carbocycles. The highest BCUT2D eigenvalue weighted by atomic mass is 32.2. The topological polar surface area (TPSA) is 34.9 Å². The maximum absolute atomic E-state index is 11.1. The lowest BCUT2D eigenvalue weighted by Crippen LogP contribution is -2.02. The van der Waals surface area contributed by atoms with E-state index in [1.165, 1.54) is 0 Å². The van der Waals surface area contributed by atoms with Crippen molar-refractivity contribution in [1.82, 2.24) is 9.55 Å². The van der Waals surface area contributed by atoms with Gasteiger partial charge < -0.3 is 4.57 Å². The van der Waals surface area contributed by atoms with Gasteiger partial charge in [0.15, 0.2) is 12.1 Å². The van der Waals surface area contributed by atoms with E-state index >= 15 is 0 Å². The molecule has 100 valence electrons. The Morgan fingerprint density at radius 3 is 2.53 bits per heavy atom. The Labute approximate surface area is 118 Å². The minimum Gasteiger partial charge on any atom is -0.317 e. The Morgan fingerprint density at radius 1 is 1.32 bits per heavy atom. The van der Waals surface area contributed by atoms with Crippen LogP contribution in [0.3, 0.4) is 0 Å². The molecule has 2 rings (SSSR count). The summed E-state index contributed by atoms with van der Waals surface area (Å²) < 4.78 is 1.99. The summed E-state index contributed by atoms with van der Waals surface area (Å²) in [6.07, 6.45) is 0.838. The number of hydrogen-bond donors (Lipinski definition) is 0. The Hall–Kier alpha value is -1.55. The van der Waals surface area contributed by atoms with Crippen molar-refractivity contribution in [3.05, 3.63) is 41.9 Å². The second-order valence-electron chi connectivity index (χ2n) is 4.59. The van der Waals surface area contributed by atoms with Gasteiger partial charge in [0.25, 0.3) is 0 Å². The fourth-order valence-corrected chi connectivity index (χ4v) is 3.19. The molecule has 0 radical (unpaired) electrons. The monoisotopic (exact) mass is 274 g/mol. The maximum atomic E-state index is 11.1. The van der Waals surface area contributed by atoms with Crippen LogP contribution in [0.1, 0.15) is 43.0 Å². The lowest BCUT2D eigenvalue weighted by molar-refractivity contribution is 0.111. The van der Waals surface area contributed by atoms with Crippen molar-refractivity contribution in [2.45, 2.75) is 43.2 Å². The van der Waals surface area contributed by atoms with Crippen LogP contribution in [0, 0.1) is 0 Å². The van der Waals surface area contributed by atoms with Gasteiger partial charge in [0.1, 0.15) is 5.03 Å². The minimum absolute atomic E-state index is 0.303. The van der Waals surface area contributed by atoms with Gasteiger partial charge in [-0.15, -0.1) is 0 Å². The summed E-state index contributed by atoms with van der Waals surface area (Å²) in [5, 5.41) is 1.07. The fraction of sp³-hybridized carbons (Fsp3) is 0.333.